The van der Waals surface area contributed by atoms with E-state index in [0.29, 0.717) is 17.7 Å². The molecule has 2 N–H and O–H groups in total. The molecular formula is C24H19NO5S. The highest BCUT2D eigenvalue weighted by molar-refractivity contribution is 7.09. The van der Waals surface area contributed by atoms with Crippen LogP contribution in [0.25, 0.3) is 5.76 Å². The van der Waals surface area contributed by atoms with Crippen LogP contribution in [0, 0.1) is 0 Å². The Bertz CT molecular complexity index is 1200. The van der Waals surface area contributed by atoms with E-state index in [1.165, 1.54) is 28.4 Å². The van der Waals surface area contributed by atoms with Crippen LogP contribution in [-0.2, 0) is 22.6 Å². The van der Waals surface area contributed by atoms with Gasteiger partial charge in [-0.05, 0) is 52.9 Å². The second kappa shape index (κ2) is 7.59. The minimum absolute atomic E-state index is 0.0473. The van der Waals surface area contributed by atoms with Crippen molar-refractivity contribution in [3.05, 3.63) is 87.1 Å². The van der Waals surface area contributed by atoms with E-state index in [-0.39, 0.29) is 23.6 Å². The van der Waals surface area contributed by atoms with Gasteiger partial charge in [-0.3, -0.25) is 9.59 Å². The quantitative estimate of drug-likeness (QED) is 0.369. The second-order valence-electron chi connectivity index (χ2n) is 7.52. The van der Waals surface area contributed by atoms with Gasteiger partial charge in [0, 0.05) is 16.9 Å². The zero-order valence-corrected chi connectivity index (χ0v) is 17.3. The largest absolute Gasteiger partial charge is 0.508 e. The molecule has 2 aliphatic heterocycles. The molecule has 1 unspecified atom stereocenters. The number of aromatic hydroxyl groups is 1. The molecule has 1 atom stereocenters. The number of hydrogen-bond acceptors (Lipinski definition) is 6. The number of aliphatic hydroxyl groups is 1. The van der Waals surface area contributed by atoms with Crippen molar-refractivity contribution in [2.24, 2.45) is 0 Å². The Kier molecular flexibility index (Phi) is 4.75. The Morgan fingerprint density at radius 1 is 1.13 bits per heavy atom. The van der Waals surface area contributed by atoms with E-state index in [1.807, 2.05) is 17.5 Å². The number of phenols is 1. The van der Waals surface area contributed by atoms with Crippen molar-refractivity contribution in [2.75, 3.05) is 6.61 Å². The molecule has 0 radical (unpaired) electrons. The van der Waals surface area contributed by atoms with Gasteiger partial charge in [0.15, 0.2) is 0 Å². The lowest BCUT2D eigenvalue weighted by Gasteiger charge is -2.25. The Hall–Kier alpha value is -3.58. The second-order valence-corrected chi connectivity index (χ2v) is 8.55. The van der Waals surface area contributed by atoms with Crippen molar-refractivity contribution in [1.29, 1.82) is 0 Å². The monoisotopic (exact) mass is 433 g/mol. The van der Waals surface area contributed by atoms with Gasteiger partial charge in [0.1, 0.15) is 17.3 Å². The lowest BCUT2D eigenvalue weighted by atomic mass is 9.94. The fourth-order valence-corrected chi connectivity index (χ4v) is 4.81. The number of rotatable bonds is 4. The lowest BCUT2D eigenvalue weighted by Crippen LogP contribution is -2.28. The van der Waals surface area contributed by atoms with Gasteiger partial charge in [-0.2, -0.15) is 0 Å². The predicted octanol–water partition coefficient (Wildman–Crippen LogP) is 4.01. The molecule has 6 nitrogen and oxygen atoms in total. The van der Waals surface area contributed by atoms with Gasteiger partial charge < -0.3 is 19.8 Å². The van der Waals surface area contributed by atoms with E-state index in [4.69, 9.17) is 4.74 Å². The third-order valence-electron chi connectivity index (χ3n) is 5.62. The number of carbonyl (C=O) groups excluding carboxylic acids is 2. The van der Waals surface area contributed by atoms with Crippen molar-refractivity contribution < 1.29 is 24.5 Å². The highest BCUT2D eigenvalue weighted by Crippen LogP contribution is 2.41. The summed E-state index contributed by atoms with van der Waals surface area (Å²) < 4.78 is 5.52. The van der Waals surface area contributed by atoms with Gasteiger partial charge in [-0.15, -0.1) is 11.3 Å². The van der Waals surface area contributed by atoms with Crippen LogP contribution in [0.5, 0.6) is 11.5 Å². The van der Waals surface area contributed by atoms with Crippen LogP contribution in [-0.4, -0.2) is 33.4 Å². The van der Waals surface area contributed by atoms with Gasteiger partial charge in [-0.1, -0.05) is 18.2 Å². The number of phenolic OH excluding ortho intramolecular Hbond substituents is 1. The third-order valence-corrected chi connectivity index (χ3v) is 6.48. The molecule has 2 aliphatic rings. The van der Waals surface area contributed by atoms with Crippen LogP contribution in [0.4, 0.5) is 0 Å². The van der Waals surface area contributed by atoms with Crippen LogP contribution >= 0.6 is 11.3 Å². The number of aliphatic hydroxyl groups excluding tert-OH is 1. The Morgan fingerprint density at radius 3 is 2.68 bits per heavy atom. The zero-order chi connectivity index (χ0) is 21.5. The summed E-state index contributed by atoms with van der Waals surface area (Å²) in [5.74, 6) is -0.733. The van der Waals surface area contributed by atoms with Crippen molar-refractivity contribution in [1.82, 2.24) is 4.90 Å². The molecular weight excluding hydrogens is 414 g/mol. The number of ether oxygens (including phenoxy) is 1. The molecule has 1 fully saturated rings. The summed E-state index contributed by atoms with van der Waals surface area (Å²) in [6, 6.07) is 14.6. The maximum atomic E-state index is 13.1. The zero-order valence-electron chi connectivity index (χ0n) is 16.4. The molecule has 0 saturated carbocycles. The Labute approximate surface area is 182 Å². The highest BCUT2D eigenvalue weighted by Gasteiger charge is 2.46. The van der Waals surface area contributed by atoms with E-state index in [2.05, 4.69) is 0 Å². The maximum Gasteiger partial charge on any atom is 0.295 e. The first-order valence-electron chi connectivity index (χ1n) is 9.89. The number of hydrogen-bond donors (Lipinski definition) is 2. The molecule has 2 aromatic carbocycles. The average Bonchev–Trinajstić information content (AvgIpc) is 3.51. The SMILES string of the molecule is O=C1C(=O)N(Cc2cccs2)C(c2ccc(O)cc2)/C1=C(/O)c1ccc2c(c1)CCO2. The number of Topliss-reactive ketones (excluding diaryl/α,β-unsaturated/α-hetero) is 1. The molecule has 0 bridgehead atoms. The van der Waals surface area contributed by atoms with E-state index >= 15 is 0 Å². The Balaban J connectivity index is 1.64. The smallest absolute Gasteiger partial charge is 0.295 e. The molecule has 156 valence electrons. The summed E-state index contributed by atoms with van der Waals surface area (Å²) >= 11 is 1.49. The van der Waals surface area contributed by atoms with Crippen LogP contribution < -0.4 is 4.74 Å². The summed E-state index contributed by atoms with van der Waals surface area (Å²) in [4.78, 5) is 28.5. The molecule has 1 saturated heterocycles. The molecule has 3 heterocycles. The van der Waals surface area contributed by atoms with E-state index in [1.54, 1.807) is 30.3 Å². The number of carbonyl (C=O) groups is 2. The summed E-state index contributed by atoms with van der Waals surface area (Å²) in [5.41, 5.74) is 2.12. The van der Waals surface area contributed by atoms with Gasteiger partial charge >= 0.3 is 0 Å². The maximum absolute atomic E-state index is 13.1. The number of fused-ring (bicyclic) bond motifs is 1. The normalized spacial score (nSPS) is 19.5. The van der Waals surface area contributed by atoms with Gasteiger partial charge in [0.2, 0.25) is 0 Å². The van der Waals surface area contributed by atoms with E-state index < -0.39 is 17.7 Å². The van der Waals surface area contributed by atoms with Crippen LogP contribution in [0.15, 0.2) is 65.6 Å². The van der Waals surface area contributed by atoms with Gasteiger partial charge in [0.05, 0.1) is 24.8 Å². The predicted molar refractivity (Wildman–Crippen MR) is 116 cm³/mol. The fraction of sp³-hybridized carbons (Fsp3) is 0.167. The number of ketones is 1. The number of benzene rings is 2. The minimum atomic E-state index is -0.757. The first-order valence-corrected chi connectivity index (χ1v) is 10.8. The van der Waals surface area contributed by atoms with Crippen LogP contribution in [0.2, 0.25) is 0 Å². The first kappa shape index (κ1) is 19.4. The minimum Gasteiger partial charge on any atom is -0.508 e. The third kappa shape index (κ3) is 3.37. The summed E-state index contributed by atoms with van der Waals surface area (Å²) in [7, 11) is 0. The molecule has 5 rings (SSSR count). The van der Waals surface area contributed by atoms with Crippen molar-refractivity contribution >= 4 is 28.8 Å². The van der Waals surface area contributed by atoms with E-state index in [0.717, 1.165) is 22.6 Å². The molecule has 0 spiro atoms. The van der Waals surface area contributed by atoms with Crippen molar-refractivity contribution in [3.8, 4) is 11.5 Å². The molecule has 31 heavy (non-hydrogen) atoms. The molecule has 1 amide bonds. The standard InChI is InChI=1S/C24H19NO5S/c26-17-6-3-14(4-7-17)21-20(22(27)16-5-8-19-15(12-16)9-10-30-19)23(28)24(29)25(21)13-18-2-1-11-31-18/h1-8,11-12,21,26-27H,9-10,13H2/b22-20-. The summed E-state index contributed by atoms with van der Waals surface area (Å²) in [6.45, 7) is 0.834. The topological polar surface area (TPSA) is 87.1 Å². The van der Waals surface area contributed by atoms with Crippen molar-refractivity contribution in [3.63, 3.8) is 0 Å². The van der Waals surface area contributed by atoms with Crippen LogP contribution in [0.3, 0.4) is 0 Å². The average molecular weight is 433 g/mol. The van der Waals surface area contributed by atoms with Crippen LogP contribution in [0.1, 0.15) is 27.6 Å². The number of likely N-dealkylation sites (tertiary alicyclic amines) is 1. The molecule has 1 aromatic heterocycles. The Morgan fingerprint density at radius 2 is 1.94 bits per heavy atom. The number of thiophene rings is 1. The van der Waals surface area contributed by atoms with Gasteiger partial charge in [-0.25, -0.2) is 0 Å². The van der Waals surface area contributed by atoms with Crippen molar-refractivity contribution in [2.45, 2.75) is 19.0 Å². The summed E-state index contributed by atoms with van der Waals surface area (Å²) in [6.07, 6.45) is 0.727. The number of amides is 1. The number of nitrogens with zero attached hydrogens (tertiary/aromatic N) is 1. The highest BCUT2D eigenvalue weighted by atomic mass is 32.1. The molecule has 3 aromatic rings. The first-order chi connectivity index (χ1) is 15.0. The van der Waals surface area contributed by atoms with E-state index in [9.17, 15) is 19.8 Å². The summed E-state index contributed by atoms with van der Waals surface area (Å²) in [5, 5.41) is 22.8. The molecule has 7 heteroatoms. The van der Waals surface area contributed by atoms with Gasteiger partial charge in [0.25, 0.3) is 11.7 Å². The lowest BCUT2D eigenvalue weighted by molar-refractivity contribution is -0.140. The molecule has 0 aliphatic carbocycles. The fourth-order valence-electron chi connectivity index (χ4n) is 4.11.